The summed E-state index contributed by atoms with van der Waals surface area (Å²) in [6.45, 7) is 9.19. The molecule has 0 rings (SSSR count). The molecule has 0 aromatic heterocycles. The standard InChI is InChI=1S/C15H26O4/c1-6-8-9-10-19-13(18)14(3,4)11-15(5,7-2)12(16)17/h8-9H,6-7,10-11H2,1-5H3,(H,16,17)/b9-8+. The third kappa shape index (κ3) is 5.45. The van der Waals surface area contributed by atoms with Crippen LogP contribution in [0.15, 0.2) is 12.2 Å². The molecule has 0 radical (unpaired) electrons. The highest BCUT2D eigenvalue weighted by molar-refractivity contribution is 5.79. The van der Waals surface area contributed by atoms with E-state index in [1.165, 1.54) is 0 Å². The van der Waals surface area contributed by atoms with Gasteiger partial charge in [-0.25, -0.2) is 0 Å². The summed E-state index contributed by atoms with van der Waals surface area (Å²) in [5.74, 6) is -1.23. The van der Waals surface area contributed by atoms with Gasteiger partial charge in [0.15, 0.2) is 0 Å². The molecule has 0 spiro atoms. The van der Waals surface area contributed by atoms with Gasteiger partial charge in [-0.2, -0.15) is 0 Å². The van der Waals surface area contributed by atoms with Crippen LogP contribution in [0.25, 0.3) is 0 Å². The van der Waals surface area contributed by atoms with E-state index >= 15 is 0 Å². The Labute approximate surface area is 115 Å². The van der Waals surface area contributed by atoms with E-state index in [0.717, 1.165) is 6.42 Å². The third-order valence-electron chi connectivity index (χ3n) is 3.39. The van der Waals surface area contributed by atoms with Crippen LogP contribution in [-0.4, -0.2) is 23.7 Å². The van der Waals surface area contributed by atoms with Crippen LogP contribution in [0.1, 0.15) is 53.9 Å². The van der Waals surface area contributed by atoms with Gasteiger partial charge in [0.1, 0.15) is 6.61 Å². The number of allylic oxidation sites excluding steroid dienone is 1. The summed E-state index contributed by atoms with van der Waals surface area (Å²) in [5.41, 5.74) is -1.70. The summed E-state index contributed by atoms with van der Waals surface area (Å²) in [6, 6.07) is 0. The smallest absolute Gasteiger partial charge is 0.311 e. The number of hydrogen-bond acceptors (Lipinski definition) is 3. The lowest BCUT2D eigenvalue weighted by Gasteiger charge is -2.32. The fourth-order valence-electron chi connectivity index (χ4n) is 1.95. The molecular weight excluding hydrogens is 244 g/mol. The lowest BCUT2D eigenvalue weighted by Crippen LogP contribution is -2.37. The van der Waals surface area contributed by atoms with Gasteiger partial charge in [0.2, 0.25) is 0 Å². The fraction of sp³-hybridized carbons (Fsp3) is 0.733. The summed E-state index contributed by atoms with van der Waals surface area (Å²) in [5, 5.41) is 9.26. The molecule has 0 aliphatic rings. The van der Waals surface area contributed by atoms with Gasteiger partial charge in [0.25, 0.3) is 0 Å². The molecule has 4 nitrogen and oxygen atoms in total. The van der Waals surface area contributed by atoms with Crippen LogP contribution < -0.4 is 0 Å². The van der Waals surface area contributed by atoms with Crippen molar-refractivity contribution in [2.45, 2.75) is 53.9 Å². The van der Waals surface area contributed by atoms with Gasteiger partial charge in [0, 0.05) is 0 Å². The quantitative estimate of drug-likeness (QED) is 0.542. The van der Waals surface area contributed by atoms with Crippen molar-refractivity contribution in [3.8, 4) is 0 Å². The second-order valence-corrected chi connectivity index (χ2v) is 5.76. The van der Waals surface area contributed by atoms with Gasteiger partial charge in [-0.15, -0.1) is 0 Å². The maximum atomic E-state index is 12.0. The Morgan fingerprint density at radius 3 is 2.16 bits per heavy atom. The molecule has 1 N–H and O–H groups in total. The van der Waals surface area contributed by atoms with Crippen molar-refractivity contribution in [2.24, 2.45) is 10.8 Å². The number of ether oxygens (including phenoxy) is 1. The largest absolute Gasteiger partial charge is 0.481 e. The maximum absolute atomic E-state index is 12.0. The van der Waals surface area contributed by atoms with Crippen molar-refractivity contribution in [3.05, 3.63) is 12.2 Å². The van der Waals surface area contributed by atoms with Gasteiger partial charge in [-0.3, -0.25) is 9.59 Å². The zero-order valence-corrected chi connectivity index (χ0v) is 12.7. The topological polar surface area (TPSA) is 63.6 Å². The molecule has 0 saturated carbocycles. The Balaban J connectivity index is 4.64. The number of esters is 1. The molecular formula is C15H26O4. The first-order chi connectivity index (χ1) is 8.69. The van der Waals surface area contributed by atoms with Crippen LogP contribution in [0.2, 0.25) is 0 Å². The van der Waals surface area contributed by atoms with E-state index in [2.05, 4.69) is 0 Å². The highest BCUT2D eigenvalue weighted by Crippen LogP contribution is 2.37. The number of carboxylic acid groups (broad SMARTS) is 1. The van der Waals surface area contributed by atoms with E-state index in [1.54, 1.807) is 26.8 Å². The molecule has 0 aromatic rings. The predicted octanol–water partition coefficient (Wildman–Crippen LogP) is 3.41. The van der Waals surface area contributed by atoms with E-state index in [-0.39, 0.29) is 19.0 Å². The van der Waals surface area contributed by atoms with Crippen LogP contribution in [0.5, 0.6) is 0 Å². The minimum absolute atomic E-state index is 0.242. The predicted molar refractivity (Wildman–Crippen MR) is 74.8 cm³/mol. The van der Waals surface area contributed by atoms with Gasteiger partial charge < -0.3 is 9.84 Å². The summed E-state index contributed by atoms with van der Waals surface area (Å²) < 4.78 is 5.16. The van der Waals surface area contributed by atoms with E-state index in [1.807, 2.05) is 19.9 Å². The molecule has 0 heterocycles. The highest BCUT2D eigenvalue weighted by Gasteiger charge is 2.41. The SMILES string of the molecule is CC/C=C/COC(=O)C(C)(C)CC(C)(CC)C(=O)O. The monoisotopic (exact) mass is 270 g/mol. The van der Waals surface area contributed by atoms with E-state index in [4.69, 9.17) is 4.74 Å². The van der Waals surface area contributed by atoms with Gasteiger partial charge in [-0.05, 0) is 40.0 Å². The van der Waals surface area contributed by atoms with E-state index < -0.39 is 16.8 Å². The number of rotatable bonds is 8. The van der Waals surface area contributed by atoms with Crippen LogP contribution >= 0.6 is 0 Å². The summed E-state index contributed by atoms with van der Waals surface area (Å²) in [4.78, 5) is 23.3. The normalized spacial score (nSPS) is 15.2. The first kappa shape index (κ1) is 17.7. The molecule has 0 bridgehead atoms. The lowest BCUT2D eigenvalue weighted by atomic mass is 9.72. The molecule has 110 valence electrons. The summed E-state index contributed by atoms with van der Waals surface area (Å²) in [6.07, 6.45) is 5.36. The second-order valence-electron chi connectivity index (χ2n) is 5.76. The average Bonchev–Trinajstić information content (AvgIpc) is 2.33. The fourth-order valence-corrected chi connectivity index (χ4v) is 1.95. The van der Waals surface area contributed by atoms with Crippen LogP contribution in [0.3, 0.4) is 0 Å². The number of aliphatic carboxylic acids is 1. The molecule has 19 heavy (non-hydrogen) atoms. The Hall–Kier alpha value is -1.32. The molecule has 0 aromatic carbocycles. The first-order valence-corrected chi connectivity index (χ1v) is 6.75. The number of carbonyl (C=O) groups excluding carboxylic acids is 1. The molecule has 0 saturated heterocycles. The molecule has 0 fully saturated rings. The van der Waals surface area contributed by atoms with E-state index in [0.29, 0.717) is 6.42 Å². The van der Waals surface area contributed by atoms with Crippen LogP contribution in [-0.2, 0) is 14.3 Å². The van der Waals surface area contributed by atoms with Gasteiger partial charge in [-0.1, -0.05) is 26.0 Å². The minimum Gasteiger partial charge on any atom is -0.481 e. The van der Waals surface area contributed by atoms with Crippen LogP contribution in [0, 0.1) is 10.8 Å². The minimum atomic E-state index is -0.901. The zero-order chi connectivity index (χ0) is 15.1. The second kappa shape index (κ2) is 7.31. The van der Waals surface area contributed by atoms with Crippen molar-refractivity contribution in [1.29, 1.82) is 0 Å². The number of hydrogen-bond donors (Lipinski definition) is 1. The molecule has 0 aliphatic carbocycles. The van der Waals surface area contributed by atoms with Crippen LogP contribution in [0.4, 0.5) is 0 Å². The molecule has 0 amide bonds. The Morgan fingerprint density at radius 2 is 1.74 bits per heavy atom. The van der Waals surface area contributed by atoms with Crippen molar-refractivity contribution in [2.75, 3.05) is 6.61 Å². The first-order valence-electron chi connectivity index (χ1n) is 6.75. The molecule has 0 aliphatic heterocycles. The van der Waals surface area contributed by atoms with Crippen molar-refractivity contribution >= 4 is 11.9 Å². The Bertz CT molecular complexity index is 344. The van der Waals surface area contributed by atoms with Gasteiger partial charge >= 0.3 is 11.9 Å². The summed E-state index contributed by atoms with van der Waals surface area (Å²) >= 11 is 0. The van der Waals surface area contributed by atoms with Crippen molar-refractivity contribution in [3.63, 3.8) is 0 Å². The average molecular weight is 270 g/mol. The van der Waals surface area contributed by atoms with Crippen molar-refractivity contribution in [1.82, 2.24) is 0 Å². The lowest BCUT2D eigenvalue weighted by molar-refractivity contribution is -0.159. The van der Waals surface area contributed by atoms with Gasteiger partial charge in [0.05, 0.1) is 10.8 Å². The third-order valence-corrected chi connectivity index (χ3v) is 3.39. The van der Waals surface area contributed by atoms with E-state index in [9.17, 15) is 14.7 Å². The summed E-state index contributed by atoms with van der Waals surface area (Å²) in [7, 11) is 0. The number of carboxylic acids is 1. The van der Waals surface area contributed by atoms with Crippen molar-refractivity contribution < 1.29 is 19.4 Å². The molecule has 1 unspecified atom stereocenters. The molecule has 1 atom stereocenters. The Morgan fingerprint density at radius 1 is 1.16 bits per heavy atom. The zero-order valence-electron chi connectivity index (χ0n) is 12.7. The molecule has 4 heteroatoms. The number of carbonyl (C=O) groups is 2. The Kier molecular flexibility index (Phi) is 6.81. The highest BCUT2D eigenvalue weighted by atomic mass is 16.5. The maximum Gasteiger partial charge on any atom is 0.311 e.